The Kier molecular flexibility index (Phi) is 7.69. The molecule has 2 heterocycles. The molecule has 1 unspecified atom stereocenters. The Morgan fingerprint density at radius 2 is 1.97 bits per heavy atom. The van der Waals surface area contributed by atoms with Crippen molar-refractivity contribution in [2.75, 3.05) is 13.1 Å². The molecule has 1 aromatic heterocycles. The van der Waals surface area contributed by atoms with Crippen LogP contribution < -0.4 is 5.32 Å². The fraction of sp³-hybridized carbons (Fsp3) is 0.280. The predicted molar refractivity (Wildman–Crippen MR) is 131 cm³/mol. The van der Waals surface area contributed by atoms with Crippen LogP contribution in [0.25, 0.3) is 12.2 Å². The third-order valence-electron chi connectivity index (χ3n) is 5.92. The summed E-state index contributed by atoms with van der Waals surface area (Å²) in [5.41, 5.74) is 1.27. The molecule has 35 heavy (non-hydrogen) atoms. The van der Waals surface area contributed by atoms with Gasteiger partial charge in [0.15, 0.2) is 10.7 Å². The van der Waals surface area contributed by atoms with Crippen LogP contribution in [0.1, 0.15) is 35.4 Å². The van der Waals surface area contributed by atoms with Gasteiger partial charge in [0.1, 0.15) is 11.5 Å². The molecule has 4 rings (SSSR count). The predicted octanol–water partition coefficient (Wildman–Crippen LogP) is 4.66. The van der Waals surface area contributed by atoms with Crippen LogP contribution in [-0.2, 0) is 21.4 Å². The van der Waals surface area contributed by atoms with E-state index >= 15 is 0 Å². The zero-order chi connectivity index (χ0) is 25.0. The number of piperidine rings is 1. The first kappa shape index (κ1) is 25.1. The lowest BCUT2D eigenvalue weighted by molar-refractivity contribution is -0.126. The van der Waals surface area contributed by atoms with Gasteiger partial charge in [-0.3, -0.25) is 4.79 Å². The Hall–Kier alpha value is -3.01. The lowest BCUT2D eigenvalue weighted by atomic mass is 9.99. The highest BCUT2D eigenvalue weighted by molar-refractivity contribution is 7.89. The molecule has 3 aromatic rings. The Morgan fingerprint density at radius 3 is 2.74 bits per heavy atom. The third-order valence-corrected chi connectivity index (χ3v) is 8.31. The summed E-state index contributed by atoms with van der Waals surface area (Å²) in [6, 6.07) is 13.3. The van der Waals surface area contributed by atoms with Crippen molar-refractivity contribution in [3.8, 4) is 0 Å². The first-order valence-corrected chi connectivity index (χ1v) is 13.0. The van der Waals surface area contributed by atoms with Crippen LogP contribution in [0.15, 0.2) is 57.9 Å². The van der Waals surface area contributed by atoms with Crippen LogP contribution >= 0.6 is 11.6 Å². The highest BCUT2D eigenvalue weighted by Gasteiger charge is 2.36. The average molecular weight is 518 g/mol. The molecule has 0 aliphatic carbocycles. The summed E-state index contributed by atoms with van der Waals surface area (Å²) in [4.78, 5) is 12.7. The molecule has 0 saturated carbocycles. The maximum Gasteiger partial charge on any atom is 0.248 e. The van der Waals surface area contributed by atoms with Crippen LogP contribution in [0.3, 0.4) is 0 Å². The van der Waals surface area contributed by atoms with Gasteiger partial charge in [-0.2, -0.15) is 4.31 Å². The monoisotopic (exact) mass is 517 g/mol. The van der Waals surface area contributed by atoms with Gasteiger partial charge in [0, 0.05) is 30.2 Å². The topological polar surface area (TPSA) is 92.5 Å². The van der Waals surface area contributed by atoms with Gasteiger partial charge in [-0.05, 0) is 49.6 Å². The van der Waals surface area contributed by atoms with E-state index in [1.807, 2.05) is 18.2 Å². The molecule has 1 aliphatic rings. The molecular weight excluding hydrogens is 493 g/mol. The zero-order valence-corrected chi connectivity index (χ0v) is 20.7. The zero-order valence-electron chi connectivity index (χ0n) is 19.1. The van der Waals surface area contributed by atoms with Crippen LogP contribution in [-0.4, -0.2) is 36.9 Å². The standard InChI is InChI=1S/C25H25ClFN3O4S/c1-17-24(23(34-29-17)13-12-18-7-3-5-11-22(18)27)35(32,33)30-14-6-9-20(16-30)25(31)28-15-19-8-2-4-10-21(19)26/h2-5,7-8,10-13,20H,6,9,14-16H2,1H3,(H,28,31). The molecule has 1 amide bonds. The van der Waals surface area contributed by atoms with Gasteiger partial charge in [0.25, 0.3) is 0 Å². The van der Waals surface area contributed by atoms with E-state index in [0.29, 0.717) is 17.9 Å². The number of halogens is 2. The highest BCUT2D eigenvalue weighted by Crippen LogP contribution is 2.29. The number of hydrogen-bond donors (Lipinski definition) is 1. The van der Waals surface area contributed by atoms with Gasteiger partial charge in [-0.25, -0.2) is 12.8 Å². The molecule has 7 nitrogen and oxygen atoms in total. The number of benzene rings is 2. The molecule has 1 atom stereocenters. The second-order valence-electron chi connectivity index (χ2n) is 8.33. The first-order valence-electron chi connectivity index (χ1n) is 11.2. The molecule has 0 radical (unpaired) electrons. The van der Waals surface area contributed by atoms with E-state index in [0.717, 1.165) is 5.56 Å². The number of nitrogens with one attached hydrogen (secondary N) is 1. The minimum Gasteiger partial charge on any atom is -0.355 e. The number of nitrogens with zero attached hydrogens (tertiary/aromatic N) is 2. The van der Waals surface area contributed by atoms with Gasteiger partial charge in [0.05, 0.1) is 5.92 Å². The summed E-state index contributed by atoms with van der Waals surface area (Å²) in [6.07, 6.45) is 3.94. The Bertz CT molecular complexity index is 1360. The summed E-state index contributed by atoms with van der Waals surface area (Å²) in [5.74, 6) is -1.16. The molecule has 0 bridgehead atoms. The molecule has 1 N–H and O–H groups in total. The fourth-order valence-electron chi connectivity index (χ4n) is 4.05. The van der Waals surface area contributed by atoms with Crippen molar-refractivity contribution in [3.63, 3.8) is 0 Å². The van der Waals surface area contributed by atoms with Crippen molar-refractivity contribution in [2.45, 2.75) is 31.2 Å². The summed E-state index contributed by atoms with van der Waals surface area (Å²) >= 11 is 6.16. The normalized spacial score (nSPS) is 17.1. The largest absolute Gasteiger partial charge is 0.355 e. The van der Waals surface area contributed by atoms with E-state index in [4.69, 9.17) is 16.1 Å². The van der Waals surface area contributed by atoms with Crippen molar-refractivity contribution < 1.29 is 22.1 Å². The molecule has 10 heteroatoms. The maximum absolute atomic E-state index is 14.0. The Labute approximate surface area is 208 Å². The second-order valence-corrected chi connectivity index (χ2v) is 10.6. The fourth-order valence-corrected chi connectivity index (χ4v) is 6.02. The number of aromatic nitrogens is 1. The van der Waals surface area contributed by atoms with E-state index in [2.05, 4.69) is 10.5 Å². The quantitative estimate of drug-likeness (QED) is 0.492. The number of amides is 1. The van der Waals surface area contributed by atoms with Gasteiger partial charge in [-0.1, -0.05) is 53.2 Å². The SMILES string of the molecule is Cc1noc(C=Cc2ccccc2F)c1S(=O)(=O)N1CCCC(C(=O)NCc2ccccc2Cl)C1. The molecular formula is C25H25ClFN3O4S. The average Bonchev–Trinajstić information content (AvgIpc) is 3.24. The van der Waals surface area contributed by atoms with Crippen molar-refractivity contribution in [2.24, 2.45) is 5.92 Å². The maximum atomic E-state index is 14.0. The van der Waals surface area contributed by atoms with Crippen LogP contribution in [0.5, 0.6) is 0 Å². The van der Waals surface area contributed by atoms with Gasteiger partial charge in [0.2, 0.25) is 15.9 Å². The highest BCUT2D eigenvalue weighted by atomic mass is 35.5. The Morgan fingerprint density at radius 1 is 1.23 bits per heavy atom. The number of rotatable bonds is 7. The van der Waals surface area contributed by atoms with Crippen molar-refractivity contribution >= 4 is 39.7 Å². The summed E-state index contributed by atoms with van der Waals surface area (Å²) in [6.45, 7) is 2.11. The smallest absolute Gasteiger partial charge is 0.248 e. The van der Waals surface area contributed by atoms with Crippen molar-refractivity contribution in [3.05, 3.63) is 82.0 Å². The van der Waals surface area contributed by atoms with E-state index in [-0.39, 0.29) is 47.5 Å². The van der Waals surface area contributed by atoms with Crippen LogP contribution in [0.4, 0.5) is 4.39 Å². The number of aryl methyl sites for hydroxylation is 1. The van der Waals surface area contributed by atoms with Crippen LogP contribution in [0, 0.1) is 18.7 Å². The molecule has 1 saturated heterocycles. The van der Waals surface area contributed by atoms with Gasteiger partial charge >= 0.3 is 0 Å². The molecule has 1 aliphatic heterocycles. The van der Waals surface area contributed by atoms with Gasteiger partial charge in [-0.15, -0.1) is 0 Å². The lowest BCUT2D eigenvalue weighted by Crippen LogP contribution is -2.45. The van der Waals surface area contributed by atoms with E-state index in [1.54, 1.807) is 24.3 Å². The summed E-state index contributed by atoms with van der Waals surface area (Å²) in [7, 11) is -4.00. The second kappa shape index (κ2) is 10.7. The van der Waals surface area contributed by atoms with Crippen molar-refractivity contribution in [1.29, 1.82) is 0 Å². The summed E-state index contributed by atoms with van der Waals surface area (Å²) < 4.78 is 47.6. The third kappa shape index (κ3) is 5.63. The molecule has 0 spiro atoms. The van der Waals surface area contributed by atoms with Crippen molar-refractivity contribution in [1.82, 2.24) is 14.8 Å². The lowest BCUT2D eigenvalue weighted by Gasteiger charge is -2.31. The molecule has 2 aromatic carbocycles. The number of carbonyl (C=O) groups is 1. The van der Waals surface area contributed by atoms with E-state index in [9.17, 15) is 17.6 Å². The Balaban J connectivity index is 1.50. The van der Waals surface area contributed by atoms with E-state index in [1.165, 1.54) is 29.4 Å². The summed E-state index contributed by atoms with van der Waals surface area (Å²) in [5, 5.41) is 7.24. The molecule has 184 valence electrons. The first-order chi connectivity index (χ1) is 16.8. The number of sulfonamides is 1. The van der Waals surface area contributed by atoms with Gasteiger partial charge < -0.3 is 9.84 Å². The van der Waals surface area contributed by atoms with E-state index < -0.39 is 21.8 Å². The minimum atomic E-state index is -4.00. The number of hydrogen-bond acceptors (Lipinski definition) is 5. The number of carbonyl (C=O) groups excluding carboxylic acids is 1. The van der Waals surface area contributed by atoms with Crippen LogP contribution in [0.2, 0.25) is 5.02 Å². The molecule has 1 fully saturated rings. The minimum absolute atomic E-state index is 0.0102.